The van der Waals surface area contributed by atoms with Crippen molar-refractivity contribution in [2.45, 2.75) is 13.0 Å². The Morgan fingerprint density at radius 1 is 1.03 bits per heavy atom. The zero-order chi connectivity index (χ0) is 20.4. The van der Waals surface area contributed by atoms with Crippen molar-refractivity contribution in [3.63, 3.8) is 0 Å². The quantitative estimate of drug-likeness (QED) is 0.649. The van der Waals surface area contributed by atoms with Crippen LogP contribution in [0.1, 0.15) is 17.3 Å². The summed E-state index contributed by atoms with van der Waals surface area (Å²) in [6.45, 7) is 5.38. The van der Waals surface area contributed by atoms with Crippen LogP contribution in [0, 0.1) is 0 Å². The van der Waals surface area contributed by atoms with Gasteiger partial charge in [0, 0.05) is 48.8 Å². The molecule has 0 bridgehead atoms. The van der Waals surface area contributed by atoms with Gasteiger partial charge in [-0.1, -0.05) is 12.1 Å². The molecule has 3 aromatic rings. The molecule has 0 unspecified atom stereocenters. The van der Waals surface area contributed by atoms with Gasteiger partial charge < -0.3 is 19.4 Å². The van der Waals surface area contributed by atoms with Gasteiger partial charge in [-0.25, -0.2) is 0 Å². The van der Waals surface area contributed by atoms with Gasteiger partial charge in [-0.2, -0.15) is 0 Å². The van der Waals surface area contributed by atoms with Gasteiger partial charge in [0.2, 0.25) is 0 Å². The number of benzene rings is 2. The molecule has 1 aliphatic heterocycles. The second-order valence-electron chi connectivity index (χ2n) is 7.35. The molecule has 1 aliphatic rings. The summed E-state index contributed by atoms with van der Waals surface area (Å²) in [5.41, 5.74) is 2.78. The van der Waals surface area contributed by atoms with E-state index < -0.39 is 0 Å². The van der Waals surface area contributed by atoms with Crippen LogP contribution >= 0.6 is 0 Å². The fourth-order valence-corrected chi connectivity index (χ4v) is 4.06. The van der Waals surface area contributed by atoms with Crippen LogP contribution < -0.4 is 14.4 Å². The zero-order valence-corrected chi connectivity index (χ0v) is 17.1. The third kappa shape index (κ3) is 3.68. The van der Waals surface area contributed by atoms with E-state index >= 15 is 0 Å². The molecule has 152 valence electrons. The van der Waals surface area contributed by atoms with Crippen molar-refractivity contribution in [3.05, 3.63) is 54.2 Å². The van der Waals surface area contributed by atoms with Crippen molar-refractivity contribution in [1.29, 1.82) is 0 Å². The van der Waals surface area contributed by atoms with Crippen molar-refractivity contribution in [1.82, 2.24) is 9.88 Å². The first-order valence-corrected chi connectivity index (χ1v) is 9.93. The molecule has 4 rings (SSSR count). The number of nitrogens with zero attached hydrogens (tertiary/aromatic N) is 2. The highest BCUT2D eigenvalue weighted by Gasteiger charge is 2.28. The molecule has 2 heterocycles. The van der Waals surface area contributed by atoms with Crippen molar-refractivity contribution < 1.29 is 14.3 Å². The average molecular weight is 393 g/mol. The van der Waals surface area contributed by atoms with Gasteiger partial charge in [-0.15, -0.1) is 0 Å². The van der Waals surface area contributed by atoms with E-state index in [1.807, 2.05) is 49.5 Å². The third-order valence-electron chi connectivity index (χ3n) is 5.82. The van der Waals surface area contributed by atoms with Gasteiger partial charge in [0.05, 0.1) is 25.9 Å². The topological polar surface area (TPSA) is 57.8 Å². The van der Waals surface area contributed by atoms with E-state index in [9.17, 15) is 4.79 Å². The molecule has 2 aromatic carbocycles. The van der Waals surface area contributed by atoms with E-state index in [4.69, 9.17) is 9.47 Å². The third-order valence-corrected chi connectivity index (χ3v) is 5.82. The van der Waals surface area contributed by atoms with Crippen LogP contribution in [-0.4, -0.2) is 62.1 Å². The molecule has 1 fully saturated rings. The maximum Gasteiger partial charge on any atom is 0.181 e. The summed E-state index contributed by atoms with van der Waals surface area (Å²) in [5, 5.41) is 0.911. The fourth-order valence-electron chi connectivity index (χ4n) is 4.06. The number of H-pyrrole nitrogens is 1. The van der Waals surface area contributed by atoms with Gasteiger partial charge >= 0.3 is 0 Å². The minimum atomic E-state index is -0.181. The number of anilines is 1. The molecule has 6 heteroatoms. The van der Waals surface area contributed by atoms with Crippen molar-refractivity contribution in [2.24, 2.45) is 0 Å². The minimum Gasteiger partial charge on any atom is -0.497 e. The number of carbonyl (C=O) groups excluding carboxylic acids is 1. The summed E-state index contributed by atoms with van der Waals surface area (Å²) in [7, 11) is 3.34. The van der Waals surface area contributed by atoms with Crippen LogP contribution in [0.25, 0.3) is 10.9 Å². The molecule has 1 aromatic heterocycles. The number of para-hydroxylation sites is 2. The van der Waals surface area contributed by atoms with Crippen LogP contribution in [0.4, 0.5) is 5.69 Å². The lowest BCUT2D eigenvalue weighted by atomic mass is 10.0. The number of nitrogens with one attached hydrogen (secondary N) is 1. The van der Waals surface area contributed by atoms with Gasteiger partial charge in [0.15, 0.2) is 5.78 Å². The van der Waals surface area contributed by atoms with Crippen LogP contribution in [0.15, 0.2) is 48.7 Å². The van der Waals surface area contributed by atoms with E-state index in [1.165, 1.54) is 0 Å². The van der Waals surface area contributed by atoms with Crippen molar-refractivity contribution in [3.8, 4) is 11.5 Å². The van der Waals surface area contributed by atoms with E-state index in [0.717, 1.165) is 59.8 Å². The van der Waals surface area contributed by atoms with Crippen LogP contribution in [0.5, 0.6) is 11.5 Å². The maximum atomic E-state index is 13.2. The van der Waals surface area contributed by atoms with Crippen LogP contribution in [0.3, 0.4) is 0 Å². The monoisotopic (exact) mass is 393 g/mol. The summed E-state index contributed by atoms with van der Waals surface area (Å²) in [6.07, 6.45) is 1.81. The second kappa shape index (κ2) is 8.17. The Labute approximate surface area is 171 Å². The lowest BCUT2D eigenvalue weighted by molar-refractivity contribution is 0.0831. The number of fused-ring (bicyclic) bond motifs is 1. The number of ketones is 1. The first-order valence-electron chi connectivity index (χ1n) is 9.93. The Balaban J connectivity index is 1.47. The number of ether oxygens (including phenoxy) is 2. The van der Waals surface area contributed by atoms with E-state index in [0.29, 0.717) is 0 Å². The maximum absolute atomic E-state index is 13.2. The lowest BCUT2D eigenvalue weighted by Crippen LogP contribution is -2.51. The number of Topliss-reactive ketones (excluding diaryl/α,β-unsaturated/α-hetero) is 1. The molecular weight excluding hydrogens is 366 g/mol. The highest BCUT2D eigenvalue weighted by molar-refractivity contribution is 6.10. The molecule has 1 atom stereocenters. The molecule has 0 radical (unpaired) electrons. The summed E-state index contributed by atoms with van der Waals surface area (Å²) >= 11 is 0. The minimum absolute atomic E-state index is 0.134. The molecular formula is C23H27N3O3. The molecule has 0 spiro atoms. The molecule has 1 N–H and O–H groups in total. The van der Waals surface area contributed by atoms with Gasteiger partial charge in [0.25, 0.3) is 0 Å². The summed E-state index contributed by atoms with van der Waals surface area (Å²) in [5.74, 6) is 1.78. The standard InChI is InChI=1S/C23H27N3O3/c1-16(23(27)19-15-24-20-9-8-17(28-2)14-18(19)20)25-10-12-26(13-11-25)21-6-4-5-7-22(21)29-3/h4-9,14-16,24H,10-13H2,1-3H3/t16-/m0/s1. The first-order chi connectivity index (χ1) is 14.1. The highest BCUT2D eigenvalue weighted by Crippen LogP contribution is 2.29. The molecule has 0 saturated carbocycles. The van der Waals surface area contributed by atoms with Gasteiger partial charge in [-0.05, 0) is 37.3 Å². The van der Waals surface area contributed by atoms with Gasteiger partial charge in [-0.3, -0.25) is 9.69 Å². The molecule has 6 nitrogen and oxygen atoms in total. The second-order valence-corrected chi connectivity index (χ2v) is 7.35. The molecule has 0 aliphatic carbocycles. The van der Waals surface area contributed by atoms with Crippen LogP contribution in [-0.2, 0) is 0 Å². The van der Waals surface area contributed by atoms with E-state index in [-0.39, 0.29) is 11.8 Å². The smallest absolute Gasteiger partial charge is 0.181 e. The normalized spacial score (nSPS) is 16.0. The lowest BCUT2D eigenvalue weighted by Gasteiger charge is -2.39. The number of carbonyl (C=O) groups is 1. The Morgan fingerprint density at radius 3 is 2.52 bits per heavy atom. The highest BCUT2D eigenvalue weighted by atomic mass is 16.5. The Morgan fingerprint density at radius 2 is 1.79 bits per heavy atom. The molecule has 1 saturated heterocycles. The number of piperazine rings is 1. The zero-order valence-electron chi connectivity index (χ0n) is 17.1. The molecule has 29 heavy (non-hydrogen) atoms. The van der Waals surface area contributed by atoms with Crippen molar-refractivity contribution >= 4 is 22.4 Å². The summed E-state index contributed by atoms with van der Waals surface area (Å²) < 4.78 is 10.8. The Kier molecular flexibility index (Phi) is 5.45. The average Bonchev–Trinajstić information content (AvgIpc) is 3.21. The fraction of sp³-hybridized carbons (Fsp3) is 0.348. The number of hydrogen-bond donors (Lipinski definition) is 1. The van der Waals surface area contributed by atoms with Crippen molar-refractivity contribution in [2.75, 3.05) is 45.3 Å². The SMILES string of the molecule is COc1ccc2[nH]cc(C(=O)[C@H](C)N3CCN(c4ccccc4OC)CC3)c2c1. The predicted molar refractivity (Wildman–Crippen MR) is 115 cm³/mol. The largest absolute Gasteiger partial charge is 0.497 e. The number of aromatic nitrogens is 1. The molecule has 0 amide bonds. The van der Waals surface area contributed by atoms with Crippen LogP contribution in [0.2, 0.25) is 0 Å². The number of methoxy groups -OCH3 is 2. The first kappa shape index (κ1) is 19.3. The number of rotatable bonds is 6. The van der Waals surface area contributed by atoms with E-state index in [1.54, 1.807) is 14.2 Å². The number of hydrogen-bond acceptors (Lipinski definition) is 5. The number of aromatic amines is 1. The Hall–Kier alpha value is -2.99. The Bertz CT molecular complexity index is 1010. The van der Waals surface area contributed by atoms with E-state index in [2.05, 4.69) is 20.9 Å². The summed E-state index contributed by atoms with van der Waals surface area (Å²) in [4.78, 5) is 21.0. The predicted octanol–water partition coefficient (Wildman–Crippen LogP) is 3.58. The van der Waals surface area contributed by atoms with Gasteiger partial charge in [0.1, 0.15) is 11.5 Å². The summed E-state index contributed by atoms with van der Waals surface area (Å²) in [6, 6.07) is 13.7.